The SMILES string of the molecule is CCc1c(C(=O)N2CCN(S(=O)(=O)c3ccc(F)c(Cl)c3)CC2)cnn1-c1ccccn1. The first-order valence-electron chi connectivity index (χ1n) is 10.1. The van der Waals surface area contributed by atoms with Crippen LogP contribution in [0.1, 0.15) is 23.0 Å². The Balaban J connectivity index is 1.49. The Labute approximate surface area is 190 Å². The predicted molar refractivity (Wildman–Crippen MR) is 117 cm³/mol. The van der Waals surface area contributed by atoms with Crippen LogP contribution in [-0.2, 0) is 16.4 Å². The molecule has 0 bridgehead atoms. The number of benzene rings is 1. The highest BCUT2D eigenvalue weighted by Crippen LogP contribution is 2.24. The van der Waals surface area contributed by atoms with Crippen molar-refractivity contribution in [2.24, 2.45) is 0 Å². The highest BCUT2D eigenvalue weighted by atomic mass is 35.5. The van der Waals surface area contributed by atoms with E-state index in [0.29, 0.717) is 17.8 Å². The average Bonchev–Trinajstić information content (AvgIpc) is 3.25. The molecule has 0 saturated carbocycles. The van der Waals surface area contributed by atoms with E-state index in [9.17, 15) is 17.6 Å². The van der Waals surface area contributed by atoms with Gasteiger partial charge in [0.25, 0.3) is 5.91 Å². The van der Waals surface area contributed by atoms with Crippen LogP contribution in [0.2, 0.25) is 5.02 Å². The lowest BCUT2D eigenvalue weighted by Gasteiger charge is -2.34. The Morgan fingerprint density at radius 2 is 1.91 bits per heavy atom. The minimum Gasteiger partial charge on any atom is -0.336 e. The van der Waals surface area contributed by atoms with Gasteiger partial charge in [0.1, 0.15) is 5.82 Å². The summed E-state index contributed by atoms with van der Waals surface area (Å²) < 4.78 is 42.1. The molecule has 8 nitrogen and oxygen atoms in total. The van der Waals surface area contributed by atoms with Crippen molar-refractivity contribution in [3.63, 3.8) is 0 Å². The third-order valence-corrected chi connectivity index (χ3v) is 7.54. The van der Waals surface area contributed by atoms with Crippen molar-refractivity contribution in [3.8, 4) is 5.82 Å². The van der Waals surface area contributed by atoms with Crippen LogP contribution in [0.15, 0.2) is 53.7 Å². The molecular formula is C21H21ClFN5O3S. The van der Waals surface area contributed by atoms with Crippen molar-refractivity contribution in [1.29, 1.82) is 0 Å². The molecule has 1 aliphatic heterocycles. The Morgan fingerprint density at radius 3 is 2.53 bits per heavy atom. The van der Waals surface area contributed by atoms with Gasteiger partial charge in [0, 0.05) is 32.4 Å². The fraction of sp³-hybridized carbons (Fsp3) is 0.286. The number of hydrogen-bond donors (Lipinski definition) is 0. The number of piperazine rings is 1. The predicted octanol–water partition coefficient (Wildman–Crippen LogP) is 2.77. The molecule has 32 heavy (non-hydrogen) atoms. The Kier molecular flexibility index (Phi) is 6.27. The highest BCUT2D eigenvalue weighted by molar-refractivity contribution is 7.89. The van der Waals surface area contributed by atoms with Gasteiger partial charge in [0.05, 0.1) is 27.4 Å². The zero-order valence-corrected chi connectivity index (χ0v) is 18.9. The minimum absolute atomic E-state index is 0.0754. The van der Waals surface area contributed by atoms with Crippen molar-refractivity contribution in [2.75, 3.05) is 26.2 Å². The van der Waals surface area contributed by atoms with Gasteiger partial charge in [-0.3, -0.25) is 4.79 Å². The van der Waals surface area contributed by atoms with Gasteiger partial charge in [-0.15, -0.1) is 0 Å². The Morgan fingerprint density at radius 1 is 1.16 bits per heavy atom. The van der Waals surface area contributed by atoms with Crippen LogP contribution in [0.5, 0.6) is 0 Å². The third kappa shape index (κ3) is 4.13. The number of amides is 1. The number of nitrogens with zero attached hydrogens (tertiary/aromatic N) is 5. The van der Waals surface area contributed by atoms with E-state index < -0.39 is 15.8 Å². The van der Waals surface area contributed by atoms with E-state index in [1.165, 1.54) is 16.6 Å². The summed E-state index contributed by atoms with van der Waals surface area (Å²) in [5.74, 6) is -0.262. The number of carbonyl (C=O) groups excluding carboxylic acids is 1. The highest BCUT2D eigenvalue weighted by Gasteiger charge is 2.32. The van der Waals surface area contributed by atoms with Crippen LogP contribution in [0.3, 0.4) is 0 Å². The van der Waals surface area contributed by atoms with Crippen LogP contribution in [0.4, 0.5) is 4.39 Å². The second-order valence-electron chi connectivity index (χ2n) is 7.23. The monoisotopic (exact) mass is 477 g/mol. The standard InChI is InChI=1S/C21H21ClFN5O3S/c1-2-19-16(14-25-28(19)20-5-3-4-8-24-20)21(29)26-9-11-27(12-10-26)32(30,31)15-6-7-18(23)17(22)13-15/h3-8,13-14H,2,9-12H2,1H3. The minimum atomic E-state index is -3.84. The molecule has 0 radical (unpaired) electrons. The molecule has 1 fully saturated rings. The van der Waals surface area contributed by atoms with Crippen molar-refractivity contribution < 1.29 is 17.6 Å². The molecule has 4 rings (SSSR count). The Hall–Kier alpha value is -2.82. The maximum absolute atomic E-state index is 13.4. The summed E-state index contributed by atoms with van der Waals surface area (Å²) in [6.45, 7) is 2.64. The van der Waals surface area contributed by atoms with Crippen LogP contribution in [-0.4, -0.2) is 64.5 Å². The molecule has 1 saturated heterocycles. The van der Waals surface area contributed by atoms with E-state index in [1.54, 1.807) is 21.8 Å². The van der Waals surface area contributed by atoms with E-state index in [-0.39, 0.29) is 42.0 Å². The maximum atomic E-state index is 13.4. The molecule has 3 heterocycles. The largest absolute Gasteiger partial charge is 0.336 e. The second-order valence-corrected chi connectivity index (χ2v) is 9.58. The smallest absolute Gasteiger partial charge is 0.257 e. The van der Waals surface area contributed by atoms with Gasteiger partial charge in [0.15, 0.2) is 5.82 Å². The number of rotatable bonds is 5. The molecule has 0 N–H and O–H groups in total. The number of sulfonamides is 1. The lowest BCUT2D eigenvalue weighted by molar-refractivity contribution is 0.0696. The van der Waals surface area contributed by atoms with Crippen LogP contribution < -0.4 is 0 Å². The van der Waals surface area contributed by atoms with Gasteiger partial charge in [-0.25, -0.2) is 22.5 Å². The summed E-state index contributed by atoms with van der Waals surface area (Å²) >= 11 is 5.74. The van der Waals surface area contributed by atoms with E-state index >= 15 is 0 Å². The quantitative estimate of drug-likeness (QED) is 0.563. The van der Waals surface area contributed by atoms with Crippen LogP contribution in [0.25, 0.3) is 5.82 Å². The van der Waals surface area contributed by atoms with E-state index in [1.807, 2.05) is 19.1 Å². The summed E-state index contributed by atoms with van der Waals surface area (Å²) in [6, 6.07) is 8.78. The molecule has 2 aromatic heterocycles. The fourth-order valence-electron chi connectivity index (χ4n) is 3.66. The summed E-state index contributed by atoms with van der Waals surface area (Å²) in [6.07, 6.45) is 3.77. The topological polar surface area (TPSA) is 88.4 Å². The molecule has 1 amide bonds. The molecule has 0 spiro atoms. The van der Waals surface area contributed by atoms with Crippen molar-refractivity contribution in [2.45, 2.75) is 18.2 Å². The average molecular weight is 478 g/mol. The van der Waals surface area contributed by atoms with Gasteiger partial charge in [-0.1, -0.05) is 24.6 Å². The molecule has 0 aliphatic carbocycles. The number of carbonyl (C=O) groups is 1. The molecule has 0 unspecified atom stereocenters. The molecule has 0 atom stereocenters. The summed E-state index contributed by atoms with van der Waals surface area (Å²) in [4.78, 5) is 19.0. The zero-order valence-electron chi connectivity index (χ0n) is 17.3. The van der Waals surface area contributed by atoms with Gasteiger partial charge >= 0.3 is 0 Å². The van der Waals surface area contributed by atoms with Gasteiger partial charge < -0.3 is 4.90 Å². The molecule has 3 aromatic rings. The summed E-state index contributed by atoms with van der Waals surface area (Å²) in [7, 11) is -3.84. The third-order valence-electron chi connectivity index (χ3n) is 5.36. The van der Waals surface area contributed by atoms with Gasteiger partial charge in [-0.05, 0) is 36.8 Å². The van der Waals surface area contributed by atoms with Crippen LogP contribution >= 0.6 is 11.6 Å². The van der Waals surface area contributed by atoms with E-state index in [0.717, 1.165) is 17.8 Å². The maximum Gasteiger partial charge on any atom is 0.257 e. The van der Waals surface area contributed by atoms with Crippen molar-refractivity contribution in [1.82, 2.24) is 24.0 Å². The lowest BCUT2D eigenvalue weighted by atomic mass is 10.1. The molecule has 168 valence electrons. The first-order valence-corrected chi connectivity index (χ1v) is 11.9. The second kappa shape index (κ2) is 8.97. The van der Waals surface area contributed by atoms with Gasteiger partial charge in [0.2, 0.25) is 10.0 Å². The van der Waals surface area contributed by atoms with E-state index in [2.05, 4.69) is 10.1 Å². The first-order chi connectivity index (χ1) is 15.3. The number of aromatic nitrogens is 3. The Bertz CT molecular complexity index is 1240. The van der Waals surface area contributed by atoms with Crippen molar-refractivity contribution in [3.05, 3.63) is 70.9 Å². The van der Waals surface area contributed by atoms with E-state index in [4.69, 9.17) is 11.6 Å². The fourth-order valence-corrected chi connectivity index (χ4v) is 5.35. The number of pyridine rings is 1. The molecular weight excluding hydrogens is 457 g/mol. The van der Waals surface area contributed by atoms with Crippen molar-refractivity contribution >= 4 is 27.5 Å². The van der Waals surface area contributed by atoms with Gasteiger partial charge in [-0.2, -0.15) is 9.40 Å². The first kappa shape index (κ1) is 22.4. The molecule has 1 aliphatic rings. The summed E-state index contributed by atoms with van der Waals surface area (Å²) in [5, 5.41) is 4.09. The summed E-state index contributed by atoms with van der Waals surface area (Å²) in [5.41, 5.74) is 1.21. The number of hydrogen-bond acceptors (Lipinski definition) is 5. The van der Waals surface area contributed by atoms with Crippen LogP contribution in [0, 0.1) is 5.82 Å². The normalized spacial score (nSPS) is 15.2. The number of halogens is 2. The molecule has 11 heteroatoms. The molecule has 1 aromatic carbocycles. The zero-order chi connectivity index (χ0) is 22.9. The lowest BCUT2D eigenvalue weighted by Crippen LogP contribution is -2.50.